The van der Waals surface area contributed by atoms with Crippen molar-refractivity contribution in [3.8, 4) is 0 Å². The van der Waals surface area contributed by atoms with Crippen LogP contribution in [0.15, 0.2) is 0 Å². The number of hydrogen-bond acceptors (Lipinski definition) is 4. The van der Waals surface area contributed by atoms with E-state index < -0.39 is 0 Å². The van der Waals surface area contributed by atoms with Crippen molar-refractivity contribution < 1.29 is 19.1 Å². The fourth-order valence-corrected chi connectivity index (χ4v) is 2.68. The van der Waals surface area contributed by atoms with Crippen LogP contribution in [0.2, 0.25) is 0 Å². The van der Waals surface area contributed by atoms with Crippen molar-refractivity contribution in [1.29, 1.82) is 0 Å². The molecule has 3 fully saturated rings. The number of likely N-dealkylation sites (tertiary alicyclic amines) is 1. The van der Waals surface area contributed by atoms with Gasteiger partial charge in [-0.3, -0.25) is 14.4 Å². The highest BCUT2D eigenvalue weighted by atomic mass is 16.5. The van der Waals surface area contributed by atoms with Crippen LogP contribution in [0.1, 0.15) is 38.5 Å². The molecule has 1 heterocycles. The lowest BCUT2D eigenvalue weighted by Crippen LogP contribution is -2.41. The molecule has 1 N–H and O–H groups in total. The molecular formula is C15H22N2O4. The van der Waals surface area contributed by atoms with Crippen molar-refractivity contribution in [1.82, 2.24) is 10.2 Å². The van der Waals surface area contributed by atoms with Crippen molar-refractivity contribution in [3.05, 3.63) is 0 Å². The van der Waals surface area contributed by atoms with E-state index in [9.17, 15) is 14.4 Å². The third-order valence-electron chi connectivity index (χ3n) is 4.35. The van der Waals surface area contributed by atoms with Gasteiger partial charge in [0.05, 0.1) is 5.92 Å². The van der Waals surface area contributed by atoms with Crippen LogP contribution in [0.25, 0.3) is 0 Å². The average molecular weight is 294 g/mol. The largest absolute Gasteiger partial charge is 0.455 e. The van der Waals surface area contributed by atoms with Gasteiger partial charge < -0.3 is 15.0 Å². The minimum atomic E-state index is -0.306. The Morgan fingerprint density at radius 1 is 0.952 bits per heavy atom. The van der Waals surface area contributed by atoms with Crippen molar-refractivity contribution in [2.24, 2.45) is 11.8 Å². The molecule has 0 aromatic heterocycles. The lowest BCUT2D eigenvalue weighted by molar-refractivity contribution is -0.155. The number of nitrogens with one attached hydrogen (secondary N) is 1. The molecule has 2 amide bonds. The Morgan fingerprint density at radius 2 is 1.62 bits per heavy atom. The second kappa shape index (κ2) is 6.03. The summed E-state index contributed by atoms with van der Waals surface area (Å²) in [5.74, 6) is -0.223. The molecule has 0 aromatic rings. The van der Waals surface area contributed by atoms with Crippen LogP contribution in [0.5, 0.6) is 0 Å². The van der Waals surface area contributed by atoms with Crippen molar-refractivity contribution in [2.75, 3.05) is 19.7 Å². The van der Waals surface area contributed by atoms with E-state index in [2.05, 4.69) is 5.32 Å². The highest BCUT2D eigenvalue weighted by molar-refractivity contribution is 5.83. The molecular weight excluding hydrogens is 272 g/mol. The normalized spacial score (nSPS) is 22.8. The summed E-state index contributed by atoms with van der Waals surface area (Å²) in [6.45, 7) is 1.07. The van der Waals surface area contributed by atoms with Crippen LogP contribution in [0.4, 0.5) is 0 Å². The summed E-state index contributed by atoms with van der Waals surface area (Å²) in [5, 5.41) is 2.78. The Bertz CT molecular complexity index is 435. The molecule has 21 heavy (non-hydrogen) atoms. The maximum atomic E-state index is 11.9. The Morgan fingerprint density at radius 3 is 2.19 bits per heavy atom. The van der Waals surface area contributed by atoms with Gasteiger partial charge in [0.25, 0.3) is 5.91 Å². The smallest absolute Gasteiger partial charge is 0.309 e. The molecule has 116 valence electrons. The zero-order valence-electron chi connectivity index (χ0n) is 12.2. The summed E-state index contributed by atoms with van der Waals surface area (Å²) >= 11 is 0. The monoisotopic (exact) mass is 294 g/mol. The molecule has 2 aliphatic carbocycles. The number of ether oxygens (including phenoxy) is 1. The van der Waals surface area contributed by atoms with Crippen LogP contribution in [-0.2, 0) is 19.1 Å². The Labute approximate surface area is 124 Å². The van der Waals surface area contributed by atoms with E-state index in [0.29, 0.717) is 25.9 Å². The highest BCUT2D eigenvalue weighted by Crippen LogP contribution is 2.32. The minimum absolute atomic E-state index is 0.179. The van der Waals surface area contributed by atoms with Crippen LogP contribution in [0, 0.1) is 11.8 Å². The summed E-state index contributed by atoms with van der Waals surface area (Å²) < 4.78 is 5.07. The predicted octanol–water partition coefficient (Wildman–Crippen LogP) is 0.457. The van der Waals surface area contributed by atoms with E-state index in [1.165, 1.54) is 0 Å². The number of piperidine rings is 1. The summed E-state index contributed by atoms with van der Waals surface area (Å²) in [6, 6.07) is 0.285. The first-order valence-corrected chi connectivity index (χ1v) is 7.88. The minimum Gasteiger partial charge on any atom is -0.455 e. The molecule has 1 aliphatic heterocycles. The quantitative estimate of drug-likeness (QED) is 0.747. The summed E-state index contributed by atoms with van der Waals surface area (Å²) in [4.78, 5) is 37.2. The van der Waals surface area contributed by atoms with Gasteiger partial charge in [0.1, 0.15) is 0 Å². The van der Waals surface area contributed by atoms with Crippen LogP contribution in [0.3, 0.4) is 0 Å². The van der Waals surface area contributed by atoms with Gasteiger partial charge in [0, 0.05) is 25.0 Å². The molecule has 0 atom stereocenters. The van der Waals surface area contributed by atoms with E-state index in [1.54, 1.807) is 0 Å². The zero-order chi connectivity index (χ0) is 14.8. The van der Waals surface area contributed by atoms with E-state index in [4.69, 9.17) is 4.74 Å². The molecule has 0 aromatic carbocycles. The summed E-state index contributed by atoms with van der Waals surface area (Å²) in [5.41, 5.74) is 0. The van der Waals surface area contributed by atoms with E-state index in [0.717, 1.165) is 25.7 Å². The van der Waals surface area contributed by atoms with Crippen LogP contribution < -0.4 is 5.32 Å². The van der Waals surface area contributed by atoms with Gasteiger partial charge in [-0.2, -0.15) is 0 Å². The molecule has 0 spiro atoms. The van der Waals surface area contributed by atoms with E-state index in [1.807, 2.05) is 4.90 Å². The third kappa shape index (κ3) is 3.95. The van der Waals surface area contributed by atoms with Gasteiger partial charge in [0.15, 0.2) is 6.61 Å². The summed E-state index contributed by atoms with van der Waals surface area (Å²) in [7, 11) is 0. The number of nitrogens with zero attached hydrogens (tertiary/aromatic N) is 1. The van der Waals surface area contributed by atoms with Crippen molar-refractivity contribution in [3.63, 3.8) is 0 Å². The molecule has 0 bridgehead atoms. The summed E-state index contributed by atoms with van der Waals surface area (Å²) in [6.07, 6.45) is 5.34. The molecule has 1 saturated heterocycles. The second-order valence-electron chi connectivity index (χ2n) is 6.32. The topological polar surface area (TPSA) is 75.7 Å². The second-order valence-corrected chi connectivity index (χ2v) is 6.32. The SMILES string of the molecule is O=C(COC(=O)C1CCN(C(=O)C2CC2)CC1)NC1CC1. The van der Waals surface area contributed by atoms with Gasteiger partial charge >= 0.3 is 5.97 Å². The molecule has 2 saturated carbocycles. The number of amides is 2. The molecule has 3 aliphatic rings. The fourth-order valence-electron chi connectivity index (χ4n) is 2.68. The van der Waals surface area contributed by atoms with E-state index in [-0.39, 0.29) is 42.3 Å². The molecule has 0 radical (unpaired) electrons. The van der Waals surface area contributed by atoms with Crippen LogP contribution >= 0.6 is 0 Å². The molecule has 6 heteroatoms. The highest BCUT2D eigenvalue weighted by Gasteiger charge is 2.36. The molecule has 3 rings (SSSR count). The van der Waals surface area contributed by atoms with Gasteiger partial charge in [0.2, 0.25) is 5.91 Å². The van der Waals surface area contributed by atoms with Gasteiger partial charge in [-0.1, -0.05) is 0 Å². The van der Waals surface area contributed by atoms with Gasteiger partial charge in [-0.25, -0.2) is 0 Å². The fraction of sp³-hybridized carbons (Fsp3) is 0.800. The molecule has 6 nitrogen and oxygen atoms in total. The first-order valence-electron chi connectivity index (χ1n) is 7.88. The Balaban J connectivity index is 1.35. The van der Waals surface area contributed by atoms with Gasteiger partial charge in [-0.15, -0.1) is 0 Å². The lowest BCUT2D eigenvalue weighted by Gasteiger charge is -2.31. The number of carbonyl (C=O) groups excluding carboxylic acids is 3. The lowest BCUT2D eigenvalue weighted by atomic mass is 9.97. The van der Waals surface area contributed by atoms with Crippen LogP contribution in [-0.4, -0.2) is 48.4 Å². The number of esters is 1. The Hall–Kier alpha value is -1.59. The predicted molar refractivity (Wildman–Crippen MR) is 74.2 cm³/mol. The maximum absolute atomic E-state index is 11.9. The average Bonchev–Trinajstić information content (AvgIpc) is 3.37. The molecule has 0 unspecified atom stereocenters. The van der Waals surface area contributed by atoms with Gasteiger partial charge in [-0.05, 0) is 38.5 Å². The third-order valence-corrected chi connectivity index (χ3v) is 4.35. The first-order chi connectivity index (χ1) is 10.1. The number of hydrogen-bond donors (Lipinski definition) is 1. The standard InChI is InChI=1S/C15H22N2O4/c18-13(16-12-3-4-12)9-21-15(20)11-5-7-17(8-6-11)14(19)10-1-2-10/h10-12H,1-9H2,(H,16,18). The van der Waals surface area contributed by atoms with E-state index >= 15 is 0 Å². The number of carbonyl (C=O) groups is 3. The van der Waals surface area contributed by atoms with Crippen molar-refractivity contribution in [2.45, 2.75) is 44.6 Å². The Kier molecular flexibility index (Phi) is 4.12. The zero-order valence-corrected chi connectivity index (χ0v) is 12.2. The number of rotatable bonds is 5. The first kappa shape index (κ1) is 14.4. The maximum Gasteiger partial charge on any atom is 0.309 e. The van der Waals surface area contributed by atoms with Crippen molar-refractivity contribution >= 4 is 17.8 Å².